The van der Waals surface area contributed by atoms with Crippen LogP contribution in [0.25, 0.3) is 10.9 Å². The third-order valence-corrected chi connectivity index (χ3v) is 6.12. The second-order valence-corrected chi connectivity index (χ2v) is 8.06. The number of aryl methyl sites for hydroxylation is 2. The Morgan fingerprint density at radius 1 is 1.11 bits per heavy atom. The molecule has 3 nitrogen and oxygen atoms in total. The summed E-state index contributed by atoms with van der Waals surface area (Å²) in [6.07, 6.45) is 3.24. The molecule has 1 saturated heterocycles. The molecule has 1 aliphatic heterocycles. The van der Waals surface area contributed by atoms with Gasteiger partial charge in [-0.2, -0.15) is 0 Å². The van der Waals surface area contributed by atoms with E-state index in [1.807, 2.05) is 41.6 Å². The molecule has 1 amide bonds. The van der Waals surface area contributed by atoms with Crippen molar-refractivity contribution in [2.24, 2.45) is 13.0 Å². The molecule has 4 heteroatoms. The molecule has 1 fully saturated rings. The van der Waals surface area contributed by atoms with E-state index in [1.165, 1.54) is 5.56 Å². The molecular weight excluding hydrogens is 356 g/mol. The van der Waals surface area contributed by atoms with E-state index in [2.05, 4.69) is 30.3 Å². The van der Waals surface area contributed by atoms with Crippen molar-refractivity contribution in [3.05, 3.63) is 70.4 Å². The Morgan fingerprint density at radius 2 is 1.81 bits per heavy atom. The Bertz CT molecular complexity index is 969. The maximum Gasteiger partial charge on any atom is 0.270 e. The van der Waals surface area contributed by atoms with Crippen LogP contribution >= 0.6 is 11.6 Å². The summed E-state index contributed by atoms with van der Waals surface area (Å²) < 4.78 is 2.01. The van der Waals surface area contributed by atoms with Crippen LogP contribution < -0.4 is 0 Å². The topological polar surface area (TPSA) is 25.2 Å². The summed E-state index contributed by atoms with van der Waals surface area (Å²) in [6, 6.07) is 16.5. The zero-order chi connectivity index (χ0) is 19.0. The highest BCUT2D eigenvalue weighted by Gasteiger charge is 2.27. The zero-order valence-corrected chi connectivity index (χ0v) is 16.7. The molecule has 0 atom stereocenters. The summed E-state index contributed by atoms with van der Waals surface area (Å²) in [5.74, 6) is 0.796. The lowest BCUT2D eigenvalue weighted by Crippen LogP contribution is -2.39. The van der Waals surface area contributed by atoms with Crippen LogP contribution in [0.4, 0.5) is 0 Å². The van der Waals surface area contributed by atoms with Crippen molar-refractivity contribution in [3.63, 3.8) is 0 Å². The summed E-state index contributed by atoms with van der Waals surface area (Å²) in [6.45, 7) is 3.68. The van der Waals surface area contributed by atoms with Gasteiger partial charge in [-0.3, -0.25) is 4.79 Å². The molecule has 0 N–H and O–H groups in total. The van der Waals surface area contributed by atoms with Gasteiger partial charge >= 0.3 is 0 Å². The highest BCUT2D eigenvalue weighted by atomic mass is 35.5. The van der Waals surface area contributed by atoms with Crippen molar-refractivity contribution in [2.75, 3.05) is 13.1 Å². The standard InChI is InChI=1S/C23H25ClN2O/c1-16-20-15-19(24)8-9-21(20)25(2)22(16)23(27)26-12-10-18(11-13-26)14-17-6-4-3-5-7-17/h3-9,15,18H,10-14H2,1-2H3. The van der Waals surface area contributed by atoms with Crippen molar-refractivity contribution in [1.82, 2.24) is 9.47 Å². The first kappa shape index (κ1) is 18.1. The number of carbonyl (C=O) groups is 1. The van der Waals surface area contributed by atoms with Crippen LogP contribution in [0.3, 0.4) is 0 Å². The first-order chi connectivity index (χ1) is 13.0. The summed E-state index contributed by atoms with van der Waals surface area (Å²) in [7, 11) is 1.97. The molecule has 2 aromatic carbocycles. The monoisotopic (exact) mass is 380 g/mol. The number of nitrogens with zero attached hydrogens (tertiary/aromatic N) is 2. The van der Waals surface area contributed by atoms with E-state index < -0.39 is 0 Å². The Balaban J connectivity index is 1.49. The lowest BCUT2D eigenvalue weighted by molar-refractivity contribution is 0.0680. The number of halogens is 1. The molecule has 1 aromatic heterocycles. The van der Waals surface area contributed by atoms with Crippen LogP contribution in [0.2, 0.25) is 5.02 Å². The van der Waals surface area contributed by atoms with Crippen LogP contribution in [0.1, 0.15) is 34.5 Å². The van der Waals surface area contributed by atoms with Crippen molar-refractivity contribution in [1.29, 1.82) is 0 Å². The largest absolute Gasteiger partial charge is 0.339 e. The van der Waals surface area contributed by atoms with Crippen molar-refractivity contribution in [3.8, 4) is 0 Å². The fourth-order valence-electron chi connectivity index (χ4n) is 4.34. The number of hydrogen-bond acceptors (Lipinski definition) is 1. The minimum atomic E-state index is 0.139. The molecule has 3 aromatic rings. The normalized spacial score (nSPS) is 15.4. The SMILES string of the molecule is Cc1c(C(=O)N2CCC(Cc3ccccc3)CC2)n(C)c2ccc(Cl)cc12. The molecule has 0 spiro atoms. The van der Waals surface area contributed by atoms with Crippen molar-refractivity contribution >= 4 is 28.4 Å². The molecular formula is C23H25ClN2O. The highest BCUT2D eigenvalue weighted by molar-refractivity contribution is 6.31. The van der Waals surface area contributed by atoms with Crippen LogP contribution in [0.15, 0.2) is 48.5 Å². The number of carbonyl (C=O) groups excluding carboxylic acids is 1. The van der Waals surface area contributed by atoms with Crippen LogP contribution in [0, 0.1) is 12.8 Å². The van der Waals surface area contributed by atoms with E-state index in [1.54, 1.807) is 0 Å². The Hall–Kier alpha value is -2.26. The second-order valence-electron chi connectivity index (χ2n) is 7.62. The Labute approximate surface area is 165 Å². The smallest absolute Gasteiger partial charge is 0.270 e. The van der Waals surface area contributed by atoms with Crippen molar-refractivity contribution in [2.45, 2.75) is 26.2 Å². The zero-order valence-electron chi connectivity index (χ0n) is 15.9. The lowest BCUT2D eigenvalue weighted by atomic mass is 9.90. The lowest BCUT2D eigenvalue weighted by Gasteiger charge is -2.32. The van der Waals surface area contributed by atoms with E-state index in [0.29, 0.717) is 10.9 Å². The number of hydrogen-bond donors (Lipinski definition) is 0. The third-order valence-electron chi connectivity index (χ3n) is 5.89. The quantitative estimate of drug-likeness (QED) is 0.610. The summed E-state index contributed by atoms with van der Waals surface area (Å²) >= 11 is 6.16. The maximum absolute atomic E-state index is 13.2. The summed E-state index contributed by atoms with van der Waals surface area (Å²) in [5.41, 5.74) is 4.25. The number of fused-ring (bicyclic) bond motifs is 1. The van der Waals surface area contributed by atoms with E-state index >= 15 is 0 Å². The minimum Gasteiger partial charge on any atom is -0.339 e. The number of likely N-dealkylation sites (tertiary alicyclic amines) is 1. The average molecular weight is 381 g/mol. The van der Waals surface area contributed by atoms with Gasteiger partial charge in [0.2, 0.25) is 0 Å². The number of amides is 1. The molecule has 1 aliphatic rings. The Kier molecular flexibility index (Phi) is 4.96. The van der Waals surface area contributed by atoms with Crippen molar-refractivity contribution < 1.29 is 4.79 Å². The fraction of sp³-hybridized carbons (Fsp3) is 0.348. The molecule has 27 heavy (non-hydrogen) atoms. The molecule has 0 bridgehead atoms. The number of aromatic nitrogens is 1. The summed E-state index contributed by atoms with van der Waals surface area (Å²) in [4.78, 5) is 15.3. The molecule has 0 radical (unpaired) electrons. The van der Waals surface area contributed by atoms with Gasteiger partial charge in [0.15, 0.2) is 0 Å². The molecule has 0 aliphatic carbocycles. The van der Waals surface area contributed by atoms with Crippen LogP contribution in [-0.2, 0) is 13.5 Å². The van der Waals surface area contributed by atoms with Gasteiger partial charge in [-0.05, 0) is 61.4 Å². The third kappa shape index (κ3) is 3.49. The van der Waals surface area contributed by atoms with Crippen LogP contribution in [-0.4, -0.2) is 28.5 Å². The maximum atomic E-state index is 13.2. The minimum absolute atomic E-state index is 0.139. The average Bonchev–Trinajstić information content (AvgIpc) is 2.92. The number of piperidine rings is 1. The molecule has 140 valence electrons. The van der Waals surface area contributed by atoms with Gasteiger partial charge in [-0.15, -0.1) is 0 Å². The van der Waals surface area contributed by atoms with Gasteiger partial charge in [0, 0.05) is 36.1 Å². The van der Waals surface area contributed by atoms with E-state index in [4.69, 9.17) is 11.6 Å². The predicted octanol–water partition coefficient (Wildman–Crippen LogP) is 5.24. The Morgan fingerprint density at radius 3 is 2.52 bits per heavy atom. The molecule has 2 heterocycles. The first-order valence-electron chi connectivity index (χ1n) is 9.62. The molecule has 4 rings (SSSR count). The van der Waals surface area contributed by atoms with E-state index in [9.17, 15) is 4.79 Å². The van der Waals surface area contributed by atoms with Gasteiger partial charge in [-0.25, -0.2) is 0 Å². The number of benzene rings is 2. The van der Waals surface area contributed by atoms with Gasteiger partial charge in [0.25, 0.3) is 5.91 Å². The molecule has 0 saturated carbocycles. The van der Waals surface area contributed by atoms with Crippen LogP contribution in [0.5, 0.6) is 0 Å². The van der Waals surface area contributed by atoms with E-state index in [0.717, 1.165) is 54.5 Å². The van der Waals surface area contributed by atoms with E-state index in [-0.39, 0.29) is 5.91 Å². The summed E-state index contributed by atoms with van der Waals surface area (Å²) in [5, 5.41) is 1.77. The van der Waals surface area contributed by atoms with Gasteiger partial charge in [0.05, 0.1) is 0 Å². The number of rotatable bonds is 3. The highest BCUT2D eigenvalue weighted by Crippen LogP contribution is 2.29. The molecule has 0 unspecified atom stereocenters. The second kappa shape index (κ2) is 7.40. The first-order valence-corrected chi connectivity index (χ1v) is 10.00. The van der Waals surface area contributed by atoms with Gasteiger partial charge in [-0.1, -0.05) is 41.9 Å². The fourth-order valence-corrected chi connectivity index (χ4v) is 4.51. The predicted molar refractivity (Wildman–Crippen MR) is 111 cm³/mol. The van der Waals surface area contributed by atoms with Gasteiger partial charge in [0.1, 0.15) is 5.69 Å². The van der Waals surface area contributed by atoms with Gasteiger partial charge < -0.3 is 9.47 Å².